The van der Waals surface area contributed by atoms with Crippen molar-refractivity contribution in [3.8, 4) is 0 Å². The summed E-state index contributed by atoms with van der Waals surface area (Å²) in [5, 5.41) is 0. The summed E-state index contributed by atoms with van der Waals surface area (Å²) >= 11 is 0. The summed E-state index contributed by atoms with van der Waals surface area (Å²) in [5.74, 6) is -0.854. The molecule has 0 radical (unpaired) electrons. The summed E-state index contributed by atoms with van der Waals surface area (Å²) in [7, 11) is 3.20. The first-order valence-corrected chi connectivity index (χ1v) is 4.20. The Labute approximate surface area is 77.2 Å². The van der Waals surface area contributed by atoms with Gasteiger partial charge in [0.2, 0.25) is 0 Å². The standard InChI is InChI=1S/C8H14N2O3/c1-9-3-4-10(5-6-13-2)8(12)7(9)11/h3-6H2,1-2H3. The van der Waals surface area contributed by atoms with Crippen molar-refractivity contribution < 1.29 is 14.3 Å². The molecule has 2 amide bonds. The highest BCUT2D eigenvalue weighted by Gasteiger charge is 2.29. The first kappa shape index (κ1) is 9.98. The third-order valence-corrected chi connectivity index (χ3v) is 2.09. The lowest BCUT2D eigenvalue weighted by molar-refractivity contribution is -0.155. The number of carbonyl (C=O) groups excluding carboxylic acids is 2. The minimum Gasteiger partial charge on any atom is -0.383 e. The number of nitrogens with zero attached hydrogens (tertiary/aromatic N) is 2. The summed E-state index contributed by atoms with van der Waals surface area (Å²) in [5.41, 5.74) is 0. The van der Waals surface area contributed by atoms with E-state index in [0.717, 1.165) is 0 Å². The zero-order chi connectivity index (χ0) is 9.84. The normalized spacial score (nSPS) is 18.3. The van der Waals surface area contributed by atoms with Crippen molar-refractivity contribution >= 4 is 11.8 Å². The maximum absolute atomic E-state index is 11.3. The highest BCUT2D eigenvalue weighted by atomic mass is 16.5. The van der Waals surface area contributed by atoms with Crippen LogP contribution in [-0.2, 0) is 14.3 Å². The molecule has 0 unspecified atom stereocenters. The maximum atomic E-state index is 11.3. The number of amides is 2. The second-order valence-corrected chi connectivity index (χ2v) is 3.01. The van der Waals surface area contributed by atoms with Crippen molar-refractivity contribution in [3.63, 3.8) is 0 Å². The molecule has 1 aliphatic heterocycles. The van der Waals surface area contributed by atoms with Gasteiger partial charge in [0.05, 0.1) is 6.61 Å². The lowest BCUT2D eigenvalue weighted by Gasteiger charge is -2.31. The quantitative estimate of drug-likeness (QED) is 0.527. The van der Waals surface area contributed by atoms with E-state index in [0.29, 0.717) is 26.2 Å². The number of hydrogen-bond acceptors (Lipinski definition) is 3. The Morgan fingerprint density at radius 3 is 2.62 bits per heavy atom. The number of hydrogen-bond donors (Lipinski definition) is 0. The molecule has 74 valence electrons. The maximum Gasteiger partial charge on any atom is 0.312 e. The molecule has 0 bridgehead atoms. The SMILES string of the molecule is COCCN1CCN(C)C(=O)C1=O. The Hall–Kier alpha value is -1.10. The Balaban J connectivity index is 2.49. The minimum atomic E-state index is -0.428. The van der Waals surface area contributed by atoms with E-state index >= 15 is 0 Å². The van der Waals surface area contributed by atoms with Crippen molar-refractivity contribution in [1.82, 2.24) is 9.80 Å². The van der Waals surface area contributed by atoms with Crippen LogP contribution in [0.25, 0.3) is 0 Å². The molecule has 0 aromatic heterocycles. The number of piperazine rings is 1. The van der Waals surface area contributed by atoms with E-state index in [1.807, 2.05) is 0 Å². The lowest BCUT2D eigenvalue weighted by Crippen LogP contribution is -2.53. The molecule has 5 nitrogen and oxygen atoms in total. The molecule has 0 saturated carbocycles. The van der Waals surface area contributed by atoms with Gasteiger partial charge < -0.3 is 14.5 Å². The molecule has 1 aliphatic rings. The van der Waals surface area contributed by atoms with Crippen LogP contribution in [0.2, 0.25) is 0 Å². The van der Waals surface area contributed by atoms with Crippen LogP contribution < -0.4 is 0 Å². The van der Waals surface area contributed by atoms with Crippen LogP contribution in [0, 0.1) is 0 Å². The van der Waals surface area contributed by atoms with Crippen molar-refractivity contribution in [3.05, 3.63) is 0 Å². The van der Waals surface area contributed by atoms with Crippen LogP contribution in [0.15, 0.2) is 0 Å². The van der Waals surface area contributed by atoms with Crippen LogP contribution in [-0.4, -0.2) is 62.0 Å². The molecule has 1 rings (SSSR count). The van der Waals surface area contributed by atoms with Gasteiger partial charge in [0.15, 0.2) is 0 Å². The van der Waals surface area contributed by atoms with Crippen LogP contribution in [0.5, 0.6) is 0 Å². The fraction of sp³-hybridized carbons (Fsp3) is 0.750. The second kappa shape index (κ2) is 4.23. The minimum absolute atomic E-state index is 0.425. The first-order valence-electron chi connectivity index (χ1n) is 4.20. The topological polar surface area (TPSA) is 49.9 Å². The average Bonchev–Trinajstić information content (AvgIpc) is 2.13. The number of ether oxygens (including phenoxy) is 1. The predicted molar refractivity (Wildman–Crippen MR) is 46.1 cm³/mol. The monoisotopic (exact) mass is 186 g/mol. The van der Waals surface area contributed by atoms with Crippen LogP contribution >= 0.6 is 0 Å². The summed E-state index contributed by atoms with van der Waals surface area (Å²) in [6.07, 6.45) is 0. The van der Waals surface area contributed by atoms with Gasteiger partial charge in [0, 0.05) is 33.8 Å². The Morgan fingerprint density at radius 1 is 1.31 bits per heavy atom. The molecule has 0 atom stereocenters. The van der Waals surface area contributed by atoms with Crippen molar-refractivity contribution in [2.45, 2.75) is 0 Å². The Morgan fingerprint density at radius 2 is 2.00 bits per heavy atom. The molecule has 0 aromatic carbocycles. The van der Waals surface area contributed by atoms with Gasteiger partial charge in [-0.25, -0.2) is 0 Å². The van der Waals surface area contributed by atoms with E-state index in [9.17, 15) is 9.59 Å². The van der Waals surface area contributed by atoms with Crippen molar-refractivity contribution in [2.75, 3.05) is 40.4 Å². The highest BCUT2D eigenvalue weighted by Crippen LogP contribution is 2.01. The molecular formula is C8H14N2O3. The summed E-state index contributed by atoms with van der Waals surface area (Å²) < 4.78 is 4.84. The average molecular weight is 186 g/mol. The highest BCUT2D eigenvalue weighted by molar-refractivity contribution is 6.35. The van der Waals surface area contributed by atoms with E-state index in [4.69, 9.17) is 4.74 Å². The van der Waals surface area contributed by atoms with E-state index in [2.05, 4.69) is 0 Å². The molecule has 0 spiro atoms. The van der Waals surface area contributed by atoms with Gasteiger partial charge >= 0.3 is 11.8 Å². The third-order valence-electron chi connectivity index (χ3n) is 2.09. The fourth-order valence-corrected chi connectivity index (χ4v) is 1.19. The molecule has 0 aliphatic carbocycles. The van der Waals surface area contributed by atoms with E-state index < -0.39 is 11.8 Å². The molecule has 1 fully saturated rings. The van der Waals surface area contributed by atoms with Crippen LogP contribution in [0.4, 0.5) is 0 Å². The van der Waals surface area contributed by atoms with Crippen molar-refractivity contribution in [2.24, 2.45) is 0 Å². The van der Waals surface area contributed by atoms with Gasteiger partial charge in [-0.05, 0) is 0 Å². The van der Waals surface area contributed by atoms with Gasteiger partial charge in [-0.1, -0.05) is 0 Å². The number of methoxy groups -OCH3 is 1. The number of carbonyl (C=O) groups is 2. The van der Waals surface area contributed by atoms with Gasteiger partial charge in [-0.3, -0.25) is 9.59 Å². The zero-order valence-corrected chi connectivity index (χ0v) is 7.95. The van der Waals surface area contributed by atoms with Crippen molar-refractivity contribution in [1.29, 1.82) is 0 Å². The molecule has 13 heavy (non-hydrogen) atoms. The molecule has 1 heterocycles. The number of rotatable bonds is 3. The predicted octanol–water partition coefficient (Wildman–Crippen LogP) is -1.07. The van der Waals surface area contributed by atoms with E-state index in [1.54, 1.807) is 14.2 Å². The molecular weight excluding hydrogens is 172 g/mol. The van der Waals surface area contributed by atoms with E-state index in [1.165, 1.54) is 9.80 Å². The van der Waals surface area contributed by atoms with Crippen LogP contribution in [0.3, 0.4) is 0 Å². The molecule has 1 saturated heterocycles. The smallest absolute Gasteiger partial charge is 0.312 e. The second-order valence-electron chi connectivity index (χ2n) is 3.01. The molecule has 0 aromatic rings. The van der Waals surface area contributed by atoms with E-state index in [-0.39, 0.29) is 0 Å². The lowest BCUT2D eigenvalue weighted by atomic mass is 10.3. The molecule has 5 heteroatoms. The largest absolute Gasteiger partial charge is 0.383 e. The van der Waals surface area contributed by atoms with Gasteiger partial charge in [0.1, 0.15) is 0 Å². The Bertz CT molecular complexity index is 215. The summed E-state index contributed by atoms with van der Waals surface area (Å²) in [4.78, 5) is 25.5. The fourth-order valence-electron chi connectivity index (χ4n) is 1.19. The summed E-state index contributed by atoms with van der Waals surface area (Å²) in [6.45, 7) is 2.18. The number of likely N-dealkylation sites (N-methyl/N-ethyl adjacent to an activating group) is 1. The first-order chi connectivity index (χ1) is 6.16. The van der Waals surface area contributed by atoms with Gasteiger partial charge in [0.25, 0.3) is 0 Å². The Kier molecular flexibility index (Phi) is 3.25. The third kappa shape index (κ3) is 2.18. The zero-order valence-electron chi connectivity index (χ0n) is 7.95. The summed E-state index contributed by atoms with van der Waals surface area (Å²) in [6, 6.07) is 0. The van der Waals surface area contributed by atoms with Gasteiger partial charge in [-0.15, -0.1) is 0 Å². The van der Waals surface area contributed by atoms with Gasteiger partial charge in [-0.2, -0.15) is 0 Å². The van der Waals surface area contributed by atoms with Crippen LogP contribution in [0.1, 0.15) is 0 Å². The molecule has 0 N–H and O–H groups in total.